The minimum atomic E-state index is -0.598. The van der Waals surface area contributed by atoms with Crippen molar-refractivity contribution in [3.63, 3.8) is 0 Å². The highest BCUT2D eigenvalue weighted by atomic mass is 16.6. The molecule has 0 aliphatic carbocycles. The van der Waals surface area contributed by atoms with Crippen molar-refractivity contribution >= 4 is 29.1 Å². The molecule has 0 saturated carbocycles. The summed E-state index contributed by atoms with van der Waals surface area (Å²) in [6.07, 6.45) is 7.86. The lowest BCUT2D eigenvalue weighted by Gasteiger charge is -2.35. The minimum absolute atomic E-state index is 0.370. The predicted octanol–water partition coefficient (Wildman–Crippen LogP) is 4.87. The van der Waals surface area contributed by atoms with Crippen LogP contribution in [0.3, 0.4) is 0 Å². The van der Waals surface area contributed by atoms with Crippen LogP contribution >= 0.6 is 0 Å². The molecule has 0 unspecified atom stereocenters. The van der Waals surface area contributed by atoms with Crippen LogP contribution in [0.1, 0.15) is 43.2 Å². The number of aromatic nitrogens is 5. The zero-order chi connectivity index (χ0) is 28.6. The van der Waals surface area contributed by atoms with Gasteiger partial charge in [-0.05, 0) is 63.4 Å². The second-order valence-corrected chi connectivity index (χ2v) is 11.3. The zero-order valence-corrected chi connectivity index (χ0v) is 23.8. The Morgan fingerprint density at radius 1 is 1.12 bits per heavy atom. The number of hydrogen-bond acceptors (Lipinski definition) is 9. The van der Waals surface area contributed by atoms with E-state index in [-0.39, 0.29) is 0 Å². The predicted molar refractivity (Wildman–Crippen MR) is 156 cm³/mol. The van der Waals surface area contributed by atoms with Gasteiger partial charge in [-0.15, -0.1) is 0 Å². The van der Waals surface area contributed by atoms with E-state index in [2.05, 4.69) is 37.4 Å². The molecule has 11 heteroatoms. The fraction of sp³-hybridized carbons (Fsp3) is 0.367. The first-order chi connectivity index (χ1) is 19.7. The molecule has 0 spiro atoms. The lowest BCUT2D eigenvalue weighted by Crippen LogP contribution is -2.42. The number of nitrogens with one attached hydrogen (secondary N) is 1. The molecule has 0 saturated heterocycles. The molecule has 0 bridgehead atoms. The largest absolute Gasteiger partial charge is 0.474 e. The maximum Gasteiger partial charge on any atom is 0.415 e. The quantitative estimate of drug-likeness (QED) is 0.370. The van der Waals surface area contributed by atoms with E-state index < -0.39 is 11.7 Å². The number of benzene rings is 1. The van der Waals surface area contributed by atoms with E-state index in [1.807, 2.05) is 69.2 Å². The van der Waals surface area contributed by atoms with Gasteiger partial charge in [-0.2, -0.15) is 5.10 Å². The smallest absolute Gasteiger partial charge is 0.415 e. The van der Waals surface area contributed by atoms with Crippen LogP contribution in [0.15, 0.2) is 55.1 Å². The minimum Gasteiger partial charge on any atom is -0.474 e. The van der Waals surface area contributed by atoms with Crippen LogP contribution in [0.5, 0.6) is 5.88 Å². The van der Waals surface area contributed by atoms with Gasteiger partial charge in [0, 0.05) is 36.4 Å². The standard InChI is InChI=1S/C30H34N8O3/c1-20-25(17-31-27-26(20)38(14-15-40-27)29(39)41-30(2,3)4)36-13-10-22-16-32-28(35-24(22)19-36)34-23-8-6-21(7-9-23)18-37-12-5-11-33-37/h5-9,11-12,16-17H,10,13-15,18-19H2,1-4H3,(H,32,34,35). The summed E-state index contributed by atoms with van der Waals surface area (Å²) in [5.41, 5.74) is 6.09. The average molecular weight is 555 g/mol. The number of fused-ring (bicyclic) bond motifs is 2. The third-order valence-corrected chi connectivity index (χ3v) is 7.08. The molecule has 11 nitrogen and oxygen atoms in total. The average Bonchev–Trinajstić information content (AvgIpc) is 3.46. The molecular weight excluding hydrogens is 520 g/mol. The lowest BCUT2D eigenvalue weighted by molar-refractivity contribution is 0.0566. The van der Waals surface area contributed by atoms with Gasteiger partial charge in [0.25, 0.3) is 0 Å². The molecule has 0 atom stereocenters. The van der Waals surface area contributed by atoms with Gasteiger partial charge in [-0.1, -0.05) is 12.1 Å². The van der Waals surface area contributed by atoms with E-state index in [0.717, 1.165) is 53.3 Å². The van der Waals surface area contributed by atoms with Gasteiger partial charge in [-0.25, -0.2) is 19.7 Å². The summed E-state index contributed by atoms with van der Waals surface area (Å²) in [6.45, 7) is 10.5. The van der Waals surface area contributed by atoms with Crippen LogP contribution in [0.2, 0.25) is 0 Å². The molecule has 0 radical (unpaired) electrons. The van der Waals surface area contributed by atoms with E-state index in [1.165, 1.54) is 0 Å². The molecule has 3 aromatic heterocycles. The normalized spacial score (nSPS) is 14.6. The molecule has 6 rings (SSSR count). The van der Waals surface area contributed by atoms with Crippen molar-refractivity contribution in [2.75, 3.05) is 34.8 Å². The van der Waals surface area contributed by atoms with Gasteiger partial charge in [0.2, 0.25) is 11.8 Å². The second kappa shape index (κ2) is 10.7. The van der Waals surface area contributed by atoms with Gasteiger partial charge in [-0.3, -0.25) is 9.58 Å². The number of anilines is 4. The Kier molecular flexibility index (Phi) is 6.94. The third kappa shape index (κ3) is 5.79. The molecule has 2 aliphatic rings. The summed E-state index contributed by atoms with van der Waals surface area (Å²) >= 11 is 0. The molecule has 1 N–H and O–H groups in total. The summed E-state index contributed by atoms with van der Waals surface area (Å²) in [5, 5.41) is 7.60. The first-order valence-electron chi connectivity index (χ1n) is 13.8. The highest BCUT2D eigenvalue weighted by Crippen LogP contribution is 2.39. The van der Waals surface area contributed by atoms with Gasteiger partial charge >= 0.3 is 6.09 Å². The van der Waals surface area contributed by atoms with E-state index in [9.17, 15) is 4.79 Å². The highest BCUT2D eigenvalue weighted by molar-refractivity contribution is 5.92. The third-order valence-electron chi connectivity index (χ3n) is 7.08. The van der Waals surface area contributed by atoms with E-state index in [1.54, 1.807) is 11.1 Å². The van der Waals surface area contributed by atoms with Crippen molar-refractivity contribution < 1.29 is 14.3 Å². The SMILES string of the molecule is Cc1c(N2CCc3cnc(Nc4ccc(Cn5cccn5)cc4)nc3C2)cnc2c1N(C(=O)OC(C)(C)C)CCO2. The van der Waals surface area contributed by atoms with Crippen molar-refractivity contribution in [3.8, 4) is 5.88 Å². The first-order valence-corrected chi connectivity index (χ1v) is 13.8. The number of pyridine rings is 1. The molecule has 5 heterocycles. The zero-order valence-electron chi connectivity index (χ0n) is 23.8. The fourth-order valence-corrected chi connectivity index (χ4v) is 5.12. The maximum atomic E-state index is 13.0. The van der Waals surface area contributed by atoms with Gasteiger partial charge < -0.3 is 19.7 Å². The molecule has 212 valence electrons. The summed E-state index contributed by atoms with van der Waals surface area (Å²) in [4.78, 5) is 30.9. The summed E-state index contributed by atoms with van der Waals surface area (Å²) in [7, 11) is 0. The number of rotatable bonds is 5. The molecular formula is C30H34N8O3. The molecule has 1 aromatic carbocycles. The Labute approximate surface area is 239 Å². The van der Waals surface area contributed by atoms with Crippen LogP contribution in [0, 0.1) is 6.92 Å². The number of hydrogen-bond donors (Lipinski definition) is 1. The topological polar surface area (TPSA) is 111 Å². The summed E-state index contributed by atoms with van der Waals surface area (Å²) < 4.78 is 13.4. The van der Waals surface area contributed by atoms with Crippen molar-refractivity contribution in [1.29, 1.82) is 0 Å². The van der Waals surface area contributed by atoms with E-state index in [0.29, 0.717) is 37.2 Å². The number of carbonyl (C=O) groups is 1. The van der Waals surface area contributed by atoms with Crippen molar-refractivity contribution in [2.45, 2.75) is 52.8 Å². The van der Waals surface area contributed by atoms with Crippen LogP contribution in [-0.2, 0) is 24.2 Å². The van der Waals surface area contributed by atoms with Crippen molar-refractivity contribution in [1.82, 2.24) is 24.7 Å². The number of ether oxygens (including phenoxy) is 2. The van der Waals surface area contributed by atoms with Crippen LogP contribution < -0.4 is 19.9 Å². The lowest BCUT2D eigenvalue weighted by atomic mass is 10.0. The Balaban J connectivity index is 1.19. The summed E-state index contributed by atoms with van der Waals surface area (Å²) in [6, 6.07) is 10.1. The van der Waals surface area contributed by atoms with Crippen LogP contribution in [0.4, 0.5) is 27.8 Å². The maximum absolute atomic E-state index is 13.0. The molecule has 41 heavy (non-hydrogen) atoms. The van der Waals surface area contributed by atoms with Gasteiger partial charge in [0.05, 0.1) is 37.2 Å². The summed E-state index contributed by atoms with van der Waals surface area (Å²) in [5.74, 6) is 1.00. The molecule has 4 aromatic rings. The monoisotopic (exact) mass is 554 g/mol. The van der Waals surface area contributed by atoms with Crippen LogP contribution in [0.25, 0.3) is 0 Å². The number of amides is 1. The second-order valence-electron chi connectivity index (χ2n) is 11.3. The Hall–Kier alpha value is -4.67. The van der Waals surface area contributed by atoms with Gasteiger partial charge in [0.1, 0.15) is 17.9 Å². The van der Waals surface area contributed by atoms with Crippen molar-refractivity contribution in [3.05, 3.63) is 77.5 Å². The molecule has 2 aliphatic heterocycles. The fourth-order valence-electron chi connectivity index (χ4n) is 5.12. The number of carbonyl (C=O) groups excluding carboxylic acids is 1. The molecule has 1 amide bonds. The Morgan fingerprint density at radius 2 is 1.95 bits per heavy atom. The Morgan fingerprint density at radius 3 is 2.71 bits per heavy atom. The number of nitrogens with zero attached hydrogens (tertiary/aromatic N) is 7. The Bertz CT molecular complexity index is 1550. The first kappa shape index (κ1) is 26.5. The molecule has 0 fully saturated rings. The van der Waals surface area contributed by atoms with E-state index in [4.69, 9.17) is 14.5 Å². The van der Waals surface area contributed by atoms with Crippen molar-refractivity contribution in [2.24, 2.45) is 0 Å². The van der Waals surface area contributed by atoms with E-state index >= 15 is 0 Å². The van der Waals surface area contributed by atoms with Crippen LogP contribution in [-0.4, -0.2) is 56.1 Å². The highest BCUT2D eigenvalue weighted by Gasteiger charge is 2.32. The van der Waals surface area contributed by atoms with Gasteiger partial charge in [0.15, 0.2) is 0 Å².